The van der Waals surface area contributed by atoms with Crippen molar-refractivity contribution >= 4 is 5.69 Å². The molecule has 19 heavy (non-hydrogen) atoms. The number of nitrogen functional groups attached to an aromatic ring is 1. The molecule has 0 saturated carbocycles. The fraction of sp³-hybridized carbons (Fsp3) is 0.188. The molecule has 0 aliphatic rings. The lowest BCUT2D eigenvalue weighted by atomic mass is 10.1. The van der Waals surface area contributed by atoms with Crippen LogP contribution in [0.3, 0.4) is 0 Å². The monoisotopic (exact) mass is 252 g/mol. The van der Waals surface area contributed by atoms with Crippen LogP contribution in [0.2, 0.25) is 0 Å². The van der Waals surface area contributed by atoms with Gasteiger partial charge < -0.3 is 10.5 Å². The Kier molecular flexibility index (Phi) is 4.17. The van der Waals surface area contributed by atoms with E-state index in [1.54, 1.807) is 0 Å². The predicted octanol–water partition coefficient (Wildman–Crippen LogP) is 3.17. The standard InChI is InChI=1S/C16H16N2O/c1-12-8-14(9-17)2-5-15(12)11-19-10-13-3-6-16(18)7-4-13/h2-8H,10-11,18H2,1H3. The van der Waals surface area contributed by atoms with Crippen LogP contribution in [0.15, 0.2) is 42.5 Å². The summed E-state index contributed by atoms with van der Waals surface area (Å²) in [7, 11) is 0. The number of aryl methyl sites for hydroxylation is 1. The molecule has 2 N–H and O–H groups in total. The van der Waals surface area contributed by atoms with Crippen LogP contribution in [0, 0.1) is 18.3 Å². The first-order chi connectivity index (χ1) is 9.19. The van der Waals surface area contributed by atoms with Crippen LogP contribution >= 0.6 is 0 Å². The first-order valence-corrected chi connectivity index (χ1v) is 6.11. The number of hydrogen-bond acceptors (Lipinski definition) is 3. The van der Waals surface area contributed by atoms with Gasteiger partial charge in [-0.1, -0.05) is 18.2 Å². The Morgan fingerprint density at radius 1 is 1.11 bits per heavy atom. The van der Waals surface area contributed by atoms with Gasteiger partial charge in [-0.2, -0.15) is 5.26 Å². The second-order valence-corrected chi connectivity index (χ2v) is 4.49. The molecule has 0 atom stereocenters. The number of nitrogens with zero attached hydrogens (tertiary/aromatic N) is 1. The molecule has 0 amide bonds. The third-order valence-corrected chi connectivity index (χ3v) is 2.98. The Morgan fingerprint density at radius 3 is 2.47 bits per heavy atom. The second kappa shape index (κ2) is 6.03. The summed E-state index contributed by atoms with van der Waals surface area (Å²) in [5.41, 5.74) is 10.3. The van der Waals surface area contributed by atoms with Crippen molar-refractivity contribution in [1.29, 1.82) is 5.26 Å². The van der Waals surface area contributed by atoms with Crippen LogP contribution in [0.4, 0.5) is 5.69 Å². The van der Waals surface area contributed by atoms with Crippen LogP contribution in [-0.2, 0) is 18.0 Å². The van der Waals surface area contributed by atoms with E-state index in [2.05, 4.69) is 6.07 Å². The zero-order valence-electron chi connectivity index (χ0n) is 10.9. The van der Waals surface area contributed by atoms with E-state index >= 15 is 0 Å². The third-order valence-electron chi connectivity index (χ3n) is 2.98. The van der Waals surface area contributed by atoms with Gasteiger partial charge in [0.05, 0.1) is 24.8 Å². The van der Waals surface area contributed by atoms with Gasteiger partial charge in [-0.05, 0) is 47.9 Å². The topological polar surface area (TPSA) is 59.0 Å². The van der Waals surface area contributed by atoms with Crippen LogP contribution in [-0.4, -0.2) is 0 Å². The van der Waals surface area contributed by atoms with Crippen molar-refractivity contribution in [3.8, 4) is 6.07 Å². The molecule has 2 aromatic rings. The minimum absolute atomic E-state index is 0.544. The zero-order valence-corrected chi connectivity index (χ0v) is 10.9. The Labute approximate surface area is 113 Å². The zero-order chi connectivity index (χ0) is 13.7. The van der Waals surface area contributed by atoms with E-state index in [4.69, 9.17) is 15.7 Å². The molecule has 0 saturated heterocycles. The van der Waals surface area contributed by atoms with E-state index in [0.29, 0.717) is 18.8 Å². The molecule has 2 aromatic carbocycles. The Morgan fingerprint density at radius 2 is 1.84 bits per heavy atom. The SMILES string of the molecule is Cc1cc(C#N)ccc1COCc1ccc(N)cc1. The van der Waals surface area contributed by atoms with Crippen molar-refractivity contribution in [1.82, 2.24) is 0 Å². The van der Waals surface area contributed by atoms with Gasteiger partial charge in [0.15, 0.2) is 0 Å². The predicted molar refractivity (Wildman–Crippen MR) is 75.2 cm³/mol. The largest absolute Gasteiger partial charge is 0.399 e. The van der Waals surface area contributed by atoms with Crippen molar-refractivity contribution in [3.63, 3.8) is 0 Å². The summed E-state index contributed by atoms with van der Waals surface area (Å²) in [6, 6.07) is 15.4. The maximum absolute atomic E-state index is 8.81. The highest BCUT2D eigenvalue weighted by atomic mass is 16.5. The Bertz CT molecular complexity index is 597. The molecule has 0 radical (unpaired) electrons. The Balaban J connectivity index is 1.92. The van der Waals surface area contributed by atoms with Crippen molar-refractivity contribution in [2.75, 3.05) is 5.73 Å². The number of ether oxygens (including phenoxy) is 1. The highest BCUT2D eigenvalue weighted by molar-refractivity contribution is 5.39. The van der Waals surface area contributed by atoms with Gasteiger partial charge in [0.2, 0.25) is 0 Å². The van der Waals surface area contributed by atoms with E-state index in [9.17, 15) is 0 Å². The summed E-state index contributed by atoms with van der Waals surface area (Å²) in [6.45, 7) is 3.09. The highest BCUT2D eigenvalue weighted by Crippen LogP contribution is 2.13. The number of anilines is 1. The fourth-order valence-corrected chi connectivity index (χ4v) is 1.82. The van der Waals surface area contributed by atoms with Crippen molar-refractivity contribution in [2.24, 2.45) is 0 Å². The van der Waals surface area contributed by atoms with Crippen LogP contribution in [0.25, 0.3) is 0 Å². The molecule has 0 bridgehead atoms. The molecule has 0 aromatic heterocycles. The maximum atomic E-state index is 8.81. The second-order valence-electron chi connectivity index (χ2n) is 4.49. The van der Waals surface area contributed by atoms with Crippen LogP contribution in [0.5, 0.6) is 0 Å². The van der Waals surface area contributed by atoms with Crippen molar-refractivity contribution in [2.45, 2.75) is 20.1 Å². The first-order valence-electron chi connectivity index (χ1n) is 6.11. The smallest absolute Gasteiger partial charge is 0.0991 e. The molecule has 3 heteroatoms. The van der Waals surface area contributed by atoms with Gasteiger partial charge in [-0.3, -0.25) is 0 Å². The molecule has 0 spiro atoms. The van der Waals surface area contributed by atoms with Crippen molar-refractivity contribution < 1.29 is 4.74 Å². The molecule has 96 valence electrons. The summed E-state index contributed by atoms with van der Waals surface area (Å²) in [5.74, 6) is 0. The third kappa shape index (κ3) is 3.57. The van der Waals surface area contributed by atoms with E-state index in [1.165, 1.54) is 0 Å². The quantitative estimate of drug-likeness (QED) is 0.850. The number of rotatable bonds is 4. The maximum Gasteiger partial charge on any atom is 0.0991 e. The summed E-state index contributed by atoms with van der Waals surface area (Å²) < 4.78 is 5.68. The fourth-order valence-electron chi connectivity index (χ4n) is 1.82. The molecule has 0 heterocycles. The lowest BCUT2D eigenvalue weighted by Crippen LogP contribution is -1.97. The average Bonchev–Trinajstić information content (AvgIpc) is 2.42. The average molecular weight is 252 g/mol. The molecular weight excluding hydrogens is 236 g/mol. The van der Waals surface area contributed by atoms with E-state index in [1.807, 2.05) is 49.4 Å². The Hall–Kier alpha value is -2.31. The van der Waals surface area contributed by atoms with Gasteiger partial charge in [0.1, 0.15) is 0 Å². The molecule has 0 aliphatic heterocycles. The normalized spacial score (nSPS) is 10.1. The summed E-state index contributed by atoms with van der Waals surface area (Å²) in [4.78, 5) is 0. The van der Waals surface area contributed by atoms with Gasteiger partial charge >= 0.3 is 0 Å². The van der Waals surface area contributed by atoms with Gasteiger partial charge in [-0.25, -0.2) is 0 Å². The number of benzene rings is 2. The summed E-state index contributed by atoms with van der Waals surface area (Å²) in [6.07, 6.45) is 0. The minimum Gasteiger partial charge on any atom is -0.399 e. The van der Waals surface area contributed by atoms with E-state index in [-0.39, 0.29) is 0 Å². The lowest BCUT2D eigenvalue weighted by molar-refractivity contribution is 0.107. The van der Waals surface area contributed by atoms with E-state index in [0.717, 1.165) is 22.4 Å². The first kappa shape index (κ1) is 13.1. The minimum atomic E-state index is 0.544. The molecular formula is C16H16N2O. The molecule has 2 rings (SSSR count). The summed E-state index contributed by atoms with van der Waals surface area (Å²) in [5, 5.41) is 8.81. The van der Waals surface area contributed by atoms with E-state index < -0.39 is 0 Å². The van der Waals surface area contributed by atoms with Crippen molar-refractivity contribution in [3.05, 3.63) is 64.7 Å². The van der Waals surface area contributed by atoms with Gasteiger partial charge in [0.25, 0.3) is 0 Å². The molecule has 0 fully saturated rings. The lowest BCUT2D eigenvalue weighted by Gasteiger charge is -2.08. The van der Waals surface area contributed by atoms with Crippen LogP contribution < -0.4 is 5.73 Å². The molecule has 3 nitrogen and oxygen atoms in total. The highest BCUT2D eigenvalue weighted by Gasteiger charge is 2.01. The van der Waals surface area contributed by atoms with Gasteiger partial charge in [-0.15, -0.1) is 0 Å². The summed E-state index contributed by atoms with van der Waals surface area (Å²) >= 11 is 0. The number of nitriles is 1. The molecule has 0 unspecified atom stereocenters. The van der Waals surface area contributed by atoms with Gasteiger partial charge in [0, 0.05) is 5.69 Å². The molecule has 0 aliphatic carbocycles. The number of hydrogen-bond donors (Lipinski definition) is 1. The number of nitrogens with two attached hydrogens (primary N) is 1. The van der Waals surface area contributed by atoms with Crippen LogP contribution in [0.1, 0.15) is 22.3 Å².